The van der Waals surface area contributed by atoms with Crippen molar-refractivity contribution in [3.05, 3.63) is 76.0 Å². The summed E-state index contributed by atoms with van der Waals surface area (Å²) in [5.74, 6) is -0.134. The molecule has 4 nitrogen and oxygen atoms in total. The van der Waals surface area contributed by atoms with Gasteiger partial charge in [0, 0.05) is 22.4 Å². The Hall–Kier alpha value is -2.89. The van der Waals surface area contributed by atoms with Crippen molar-refractivity contribution >= 4 is 46.2 Å². The molecule has 0 unspecified atom stereocenters. The lowest BCUT2D eigenvalue weighted by Gasteiger charge is -2.02. The SMILES string of the molecule is Oc1c(Cl)cc(Cl)cc1C=Nc1ccc2oc(-c3cccc(F)c3)nc2c1. The Balaban J connectivity index is 1.68. The summed E-state index contributed by atoms with van der Waals surface area (Å²) in [5, 5.41) is 10.5. The molecule has 0 aliphatic carbocycles. The van der Waals surface area contributed by atoms with Crippen molar-refractivity contribution in [3.8, 4) is 17.2 Å². The summed E-state index contributed by atoms with van der Waals surface area (Å²) in [6.45, 7) is 0. The van der Waals surface area contributed by atoms with E-state index in [2.05, 4.69) is 9.98 Å². The van der Waals surface area contributed by atoms with E-state index in [1.54, 1.807) is 36.4 Å². The number of fused-ring (bicyclic) bond motifs is 1. The van der Waals surface area contributed by atoms with E-state index < -0.39 is 0 Å². The van der Waals surface area contributed by atoms with Gasteiger partial charge in [-0.1, -0.05) is 29.3 Å². The lowest BCUT2D eigenvalue weighted by atomic mass is 10.2. The number of hydrogen-bond donors (Lipinski definition) is 1. The first kappa shape index (κ1) is 17.5. The molecule has 0 spiro atoms. The van der Waals surface area contributed by atoms with Crippen LogP contribution in [0.3, 0.4) is 0 Å². The molecule has 0 saturated heterocycles. The van der Waals surface area contributed by atoms with E-state index in [0.29, 0.717) is 38.8 Å². The standard InChI is InChI=1S/C20H11Cl2FN2O2/c21-13-6-12(19(26)16(22)8-13)10-24-15-4-5-18-17(9-15)25-20(27-18)11-2-1-3-14(23)7-11/h1-10,26H. The average Bonchev–Trinajstić information content (AvgIpc) is 3.07. The topological polar surface area (TPSA) is 58.6 Å². The fourth-order valence-electron chi connectivity index (χ4n) is 2.57. The van der Waals surface area contributed by atoms with Crippen LogP contribution in [0.4, 0.5) is 10.1 Å². The van der Waals surface area contributed by atoms with Gasteiger partial charge in [0.15, 0.2) is 5.58 Å². The first-order chi connectivity index (χ1) is 13.0. The maximum Gasteiger partial charge on any atom is 0.227 e. The maximum atomic E-state index is 13.4. The molecule has 0 amide bonds. The minimum atomic E-state index is -0.361. The molecule has 1 heterocycles. The van der Waals surface area contributed by atoms with Crippen LogP contribution in [0.2, 0.25) is 10.0 Å². The van der Waals surface area contributed by atoms with Gasteiger partial charge in [-0.2, -0.15) is 0 Å². The zero-order valence-electron chi connectivity index (χ0n) is 13.7. The fourth-order valence-corrected chi connectivity index (χ4v) is 3.08. The Morgan fingerprint density at radius 2 is 1.93 bits per heavy atom. The predicted molar refractivity (Wildman–Crippen MR) is 105 cm³/mol. The van der Waals surface area contributed by atoms with E-state index in [9.17, 15) is 9.50 Å². The third-order valence-electron chi connectivity index (χ3n) is 3.85. The molecule has 0 saturated carbocycles. The highest BCUT2D eigenvalue weighted by atomic mass is 35.5. The van der Waals surface area contributed by atoms with Gasteiger partial charge in [-0.05, 0) is 48.5 Å². The molecule has 3 aromatic carbocycles. The van der Waals surface area contributed by atoms with Crippen molar-refractivity contribution in [1.82, 2.24) is 4.98 Å². The number of hydrogen-bond acceptors (Lipinski definition) is 4. The minimum absolute atomic E-state index is 0.0966. The normalized spacial score (nSPS) is 11.5. The highest BCUT2D eigenvalue weighted by molar-refractivity contribution is 6.36. The van der Waals surface area contributed by atoms with E-state index in [1.165, 1.54) is 24.4 Å². The Morgan fingerprint density at radius 3 is 2.74 bits per heavy atom. The second-order valence-corrected chi connectivity index (χ2v) is 6.61. The molecule has 0 bridgehead atoms. The minimum Gasteiger partial charge on any atom is -0.506 e. The van der Waals surface area contributed by atoms with Crippen LogP contribution in [0.25, 0.3) is 22.6 Å². The van der Waals surface area contributed by atoms with Crippen LogP contribution in [-0.4, -0.2) is 16.3 Å². The molecule has 1 N–H and O–H groups in total. The molecule has 1 aromatic heterocycles. The zero-order chi connectivity index (χ0) is 19.0. The molecule has 0 atom stereocenters. The van der Waals surface area contributed by atoms with Crippen LogP contribution in [-0.2, 0) is 0 Å². The monoisotopic (exact) mass is 400 g/mol. The second kappa shape index (κ2) is 7.02. The molecule has 4 aromatic rings. The summed E-state index contributed by atoms with van der Waals surface area (Å²) in [6.07, 6.45) is 1.46. The van der Waals surface area contributed by atoms with E-state index in [0.717, 1.165) is 0 Å². The number of aromatic nitrogens is 1. The zero-order valence-corrected chi connectivity index (χ0v) is 15.2. The molecule has 4 rings (SSSR count). The number of nitrogens with zero attached hydrogens (tertiary/aromatic N) is 2. The van der Waals surface area contributed by atoms with Crippen LogP contribution in [0, 0.1) is 5.82 Å². The lowest BCUT2D eigenvalue weighted by Crippen LogP contribution is -1.84. The number of benzene rings is 3. The van der Waals surface area contributed by atoms with Crippen molar-refractivity contribution in [2.45, 2.75) is 0 Å². The van der Waals surface area contributed by atoms with Crippen molar-refractivity contribution < 1.29 is 13.9 Å². The summed E-state index contributed by atoms with van der Waals surface area (Å²) < 4.78 is 19.1. The van der Waals surface area contributed by atoms with Gasteiger partial charge in [0.05, 0.1) is 10.7 Å². The third-order valence-corrected chi connectivity index (χ3v) is 4.36. The Kier molecular flexibility index (Phi) is 4.56. The van der Waals surface area contributed by atoms with Gasteiger partial charge >= 0.3 is 0 Å². The van der Waals surface area contributed by atoms with Crippen molar-refractivity contribution in [3.63, 3.8) is 0 Å². The van der Waals surface area contributed by atoms with Gasteiger partial charge in [-0.15, -0.1) is 0 Å². The number of phenolic OH excluding ortho intramolecular Hbond substituents is 1. The van der Waals surface area contributed by atoms with Crippen molar-refractivity contribution in [2.75, 3.05) is 0 Å². The molecule has 27 heavy (non-hydrogen) atoms. The first-order valence-electron chi connectivity index (χ1n) is 7.88. The highest BCUT2D eigenvalue weighted by Gasteiger charge is 2.10. The van der Waals surface area contributed by atoms with Crippen molar-refractivity contribution in [1.29, 1.82) is 0 Å². The number of phenols is 1. The number of halogens is 3. The molecule has 0 aliphatic rings. The molecule has 0 radical (unpaired) electrons. The van der Waals surface area contributed by atoms with Crippen LogP contribution in [0.15, 0.2) is 64.0 Å². The molecular formula is C20H11Cl2FN2O2. The van der Waals surface area contributed by atoms with Gasteiger partial charge < -0.3 is 9.52 Å². The summed E-state index contributed by atoms with van der Waals surface area (Å²) in [7, 11) is 0. The largest absolute Gasteiger partial charge is 0.506 e. The Bertz CT molecular complexity index is 1190. The van der Waals surface area contributed by atoms with E-state index in [1.807, 2.05) is 0 Å². The Labute approximate surface area is 163 Å². The van der Waals surface area contributed by atoms with E-state index in [-0.39, 0.29) is 16.6 Å². The first-order valence-corrected chi connectivity index (χ1v) is 8.64. The van der Waals surface area contributed by atoms with Crippen molar-refractivity contribution in [2.24, 2.45) is 4.99 Å². The Morgan fingerprint density at radius 1 is 1.07 bits per heavy atom. The van der Waals surface area contributed by atoms with Crippen LogP contribution in [0.1, 0.15) is 5.56 Å². The molecule has 7 heteroatoms. The van der Waals surface area contributed by atoms with Crippen LogP contribution >= 0.6 is 23.2 Å². The number of oxazole rings is 1. The maximum absolute atomic E-state index is 13.4. The highest BCUT2D eigenvalue weighted by Crippen LogP contribution is 2.31. The average molecular weight is 401 g/mol. The second-order valence-electron chi connectivity index (χ2n) is 5.77. The number of aliphatic imine (C=N–C) groups is 1. The lowest BCUT2D eigenvalue weighted by molar-refractivity contribution is 0.475. The molecular weight excluding hydrogens is 390 g/mol. The predicted octanol–water partition coefficient (Wildman–Crippen LogP) is 6.40. The molecule has 134 valence electrons. The van der Waals surface area contributed by atoms with E-state index in [4.69, 9.17) is 27.6 Å². The van der Waals surface area contributed by atoms with Gasteiger partial charge in [-0.25, -0.2) is 9.37 Å². The van der Waals surface area contributed by atoms with Gasteiger partial charge in [0.25, 0.3) is 0 Å². The quantitative estimate of drug-likeness (QED) is 0.404. The fraction of sp³-hybridized carbons (Fsp3) is 0. The van der Waals surface area contributed by atoms with Crippen LogP contribution in [0.5, 0.6) is 5.75 Å². The summed E-state index contributed by atoms with van der Waals surface area (Å²) in [4.78, 5) is 8.71. The van der Waals surface area contributed by atoms with Gasteiger partial charge in [0.2, 0.25) is 5.89 Å². The molecule has 0 aliphatic heterocycles. The summed E-state index contributed by atoms with van der Waals surface area (Å²) in [5.41, 5.74) is 2.68. The summed E-state index contributed by atoms with van der Waals surface area (Å²) >= 11 is 11.9. The smallest absolute Gasteiger partial charge is 0.227 e. The molecule has 0 fully saturated rings. The van der Waals surface area contributed by atoms with E-state index >= 15 is 0 Å². The number of rotatable bonds is 3. The summed E-state index contributed by atoms with van der Waals surface area (Å²) in [6, 6.07) is 14.2. The number of aromatic hydroxyl groups is 1. The van der Waals surface area contributed by atoms with Gasteiger partial charge in [0.1, 0.15) is 17.1 Å². The van der Waals surface area contributed by atoms with Crippen LogP contribution < -0.4 is 0 Å². The third kappa shape index (κ3) is 3.65. The van der Waals surface area contributed by atoms with Gasteiger partial charge in [-0.3, -0.25) is 4.99 Å².